The Labute approximate surface area is 79.0 Å². The average Bonchev–Trinajstić information content (AvgIpc) is 2.08. The maximum Gasteiger partial charge on any atom is 0.206 e. The van der Waals surface area contributed by atoms with E-state index in [9.17, 15) is 4.79 Å². The number of carbonyl (C=O) groups is 1. The number of aliphatic hydroxyl groups excluding tert-OH is 1. The van der Waals surface area contributed by atoms with Crippen LogP contribution in [-0.4, -0.2) is 26.7 Å². The van der Waals surface area contributed by atoms with E-state index in [-0.39, 0.29) is 11.3 Å². The van der Waals surface area contributed by atoms with Crippen LogP contribution in [0.15, 0.2) is 18.2 Å². The van der Waals surface area contributed by atoms with Crippen LogP contribution in [0, 0.1) is 0 Å². The van der Waals surface area contributed by atoms with Crippen molar-refractivity contribution in [1.82, 2.24) is 0 Å². The molecule has 3 N–H and O–H groups in total. The molecule has 1 unspecified atom stereocenters. The van der Waals surface area contributed by atoms with E-state index in [2.05, 4.69) is 0 Å². The number of aromatic hydroxyl groups is 2. The fourth-order valence-electron chi connectivity index (χ4n) is 0.814. The zero-order valence-corrected chi connectivity index (χ0v) is 7.19. The Morgan fingerprint density at radius 1 is 1.31 bits per heavy atom. The predicted octanol–water partition coefficient (Wildman–Crippen LogP) is 0.838. The molecule has 1 aromatic carbocycles. The monoisotopic (exact) mass is 202 g/mol. The smallest absolute Gasteiger partial charge is 0.206 e. The fraction of sp³-hybridized carbons (Fsp3) is 0.125. The second-order valence-corrected chi connectivity index (χ2v) is 2.82. The number of Topliss-reactive ketones (excluding diaryl/α,β-unsaturated/α-hetero) is 1. The lowest BCUT2D eigenvalue weighted by Gasteiger charge is -2.03. The summed E-state index contributed by atoms with van der Waals surface area (Å²) in [6.07, 6.45) is 0. The van der Waals surface area contributed by atoms with Crippen molar-refractivity contribution in [3.8, 4) is 11.5 Å². The Hall–Kier alpha value is -1.26. The number of alkyl halides is 1. The van der Waals surface area contributed by atoms with Crippen LogP contribution in [0.5, 0.6) is 11.5 Å². The second-order valence-electron chi connectivity index (χ2n) is 2.40. The summed E-state index contributed by atoms with van der Waals surface area (Å²) in [6.45, 7) is 0. The lowest BCUT2D eigenvalue weighted by Crippen LogP contribution is -2.13. The fourth-order valence-corrected chi connectivity index (χ4v) is 0.940. The van der Waals surface area contributed by atoms with Crippen LogP contribution in [0.25, 0.3) is 0 Å². The Morgan fingerprint density at radius 3 is 2.38 bits per heavy atom. The standard InChI is InChI=1S/C8H7ClO4/c9-8(13)7(12)4-1-2-5(10)6(11)3-4/h1-3,8,10-11,13H. The number of hydrogen-bond donors (Lipinski definition) is 3. The summed E-state index contributed by atoms with van der Waals surface area (Å²) >= 11 is 5.12. The zero-order chi connectivity index (χ0) is 10.0. The average molecular weight is 203 g/mol. The minimum atomic E-state index is -1.64. The van der Waals surface area contributed by atoms with E-state index in [1.54, 1.807) is 0 Å². The molecule has 1 aromatic rings. The van der Waals surface area contributed by atoms with Gasteiger partial charge in [0.1, 0.15) is 0 Å². The summed E-state index contributed by atoms with van der Waals surface area (Å²) in [5.74, 6) is -1.49. The van der Waals surface area contributed by atoms with Crippen molar-refractivity contribution in [3.63, 3.8) is 0 Å². The summed E-state index contributed by atoms with van der Waals surface area (Å²) < 4.78 is 0. The number of ketones is 1. The minimum absolute atomic E-state index is 0.0396. The first kappa shape index (κ1) is 9.83. The van der Waals surface area contributed by atoms with Crippen LogP contribution in [0.2, 0.25) is 0 Å². The molecule has 0 bridgehead atoms. The molecule has 1 rings (SSSR count). The molecule has 0 saturated heterocycles. The Morgan fingerprint density at radius 2 is 1.92 bits per heavy atom. The first-order chi connectivity index (χ1) is 6.02. The summed E-state index contributed by atoms with van der Waals surface area (Å²) in [7, 11) is 0. The number of aliphatic hydroxyl groups is 1. The highest BCUT2D eigenvalue weighted by atomic mass is 35.5. The van der Waals surface area contributed by atoms with Crippen LogP contribution in [-0.2, 0) is 0 Å². The van der Waals surface area contributed by atoms with Gasteiger partial charge in [-0.2, -0.15) is 0 Å². The van der Waals surface area contributed by atoms with Gasteiger partial charge in [-0.3, -0.25) is 4.79 Å². The van der Waals surface area contributed by atoms with Gasteiger partial charge in [0.2, 0.25) is 5.78 Å². The molecule has 0 aromatic heterocycles. The molecule has 70 valence electrons. The lowest BCUT2D eigenvalue weighted by molar-refractivity contribution is 0.0860. The third-order valence-electron chi connectivity index (χ3n) is 1.48. The van der Waals surface area contributed by atoms with Crippen molar-refractivity contribution in [2.75, 3.05) is 0 Å². The van der Waals surface area contributed by atoms with Crippen molar-refractivity contribution in [3.05, 3.63) is 23.8 Å². The summed E-state index contributed by atoms with van der Waals surface area (Å²) in [5, 5.41) is 26.6. The highest BCUT2D eigenvalue weighted by Gasteiger charge is 2.15. The number of rotatable bonds is 2. The van der Waals surface area contributed by atoms with E-state index < -0.39 is 17.1 Å². The van der Waals surface area contributed by atoms with Crippen LogP contribution in [0.4, 0.5) is 0 Å². The van der Waals surface area contributed by atoms with Crippen LogP contribution < -0.4 is 0 Å². The molecule has 0 heterocycles. The van der Waals surface area contributed by atoms with Gasteiger partial charge in [-0.25, -0.2) is 0 Å². The molecule has 5 heteroatoms. The molecule has 4 nitrogen and oxygen atoms in total. The molecule has 0 saturated carbocycles. The van der Waals surface area contributed by atoms with E-state index in [1.807, 2.05) is 0 Å². The van der Waals surface area contributed by atoms with Crippen LogP contribution in [0.1, 0.15) is 10.4 Å². The molecule has 0 aliphatic heterocycles. The van der Waals surface area contributed by atoms with E-state index >= 15 is 0 Å². The van der Waals surface area contributed by atoms with Crippen molar-refractivity contribution < 1.29 is 20.1 Å². The topological polar surface area (TPSA) is 77.8 Å². The maximum atomic E-state index is 11.0. The molecular weight excluding hydrogens is 196 g/mol. The van der Waals surface area contributed by atoms with Gasteiger partial charge in [0.15, 0.2) is 17.1 Å². The van der Waals surface area contributed by atoms with Crippen molar-refractivity contribution in [2.24, 2.45) is 0 Å². The molecular formula is C8H7ClO4. The molecule has 0 radical (unpaired) electrons. The molecule has 0 amide bonds. The Bertz CT molecular complexity index is 335. The van der Waals surface area contributed by atoms with Gasteiger partial charge in [-0.15, -0.1) is 0 Å². The number of benzene rings is 1. The lowest BCUT2D eigenvalue weighted by atomic mass is 10.1. The van der Waals surface area contributed by atoms with Crippen molar-refractivity contribution >= 4 is 17.4 Å². The molecule has 0 aliphatic carbocycles. The molecule has 1 atom stereocenters. The summed E-state index contributed by atoms with van der Waals surface area (Å²) in [4.78, 5) is 11.0. The van der Waals surface area contributed by atoms with Gasteiger partial charge < -0.3 is 15.3 Å². The normalized spacial score (nSPS) is 12.5. The van der Waals surface area contributed by atoms with Gasteiger partial charge in [-0.1, -0.05) is 11.6 Å². The third kappa shape index (κ3) is 2.11. The van der Waals surface area contributed by atoms with Gasteiger partial charge in [0.25, 0.3) is 0 Å². The zero-order valence-electron chi connectivity index (χ0n) is 6.44. The predicted molar refractivity (Wildman–Crippen MR) is 46.0 cm³/mol. The minimum Gasteiger partial charge on any atom is -0.504 e. The Balaban J connectivity index is 3.04. The molecule has 13 heavy (non-hydrogen) atoms. The quantitative estimate of drug-likeness (QED) is 0.377. The van der Waals surface area contributed by atoms with Crippen LogP contribution >= 0.6 is 11.6 Å². The summed E-state index contributed by atoms with van der Waals surface area (Å²) in [5.41, 5.74) is -1.60. The van der Waals surface area contributed by atoms with Crippen molar-refractivity contribution in [1.29, 1.82) is 0 Å². The first-order valence-electron chi connectivity index (χ1n) is 3.40. The number of phenols is 2. The maximum absolute atomic E-state index is 11.0. The number of phenolic OH excluding ortho intramolecular Hbond substituents is 2. The Kier molecular flexibility index (Phi) is 2.75. The van der Waals surface area contributed by atoms with Crippen LogP contribution in [0.3, 0.4) is 0 Å². The number of carbonyl (C=O) groups excluding carboxylic acids is 1. The van der Waals surface area contributed by atoms with Gasteiger partial charge in [0, 0.05) is 5.56 Å². The highest BCUT2D eigenvalue weighted by Crippen LogP contribution is 2.25. The van der Waals surface area contributed by atoms with E-state index in [0.717, 1.165) is 12.1 Å². The summed E-state index contributed by atoms with van der Waals surface area (Å²) in [6, 6.07) is 3.42. The number of halogens is 1. The number of hydrogen-bond acceptors (Lipinski definition) is 4. The molecule has 0 aliphatic rings. The molecule has 0 fully saturated rings. The second kappa shape index (κ2) is 3.64. The SMILES string of the molecule is O=C(c1ccc(O)c(O)c1)C(O)Cl. The van der Waals surface area contributed by atoms with Crippen molar-refractivity contribution in [2.45, 2.75) is 5.56 Å². The highest BCUT2D eigenvalue weighted by molar-refractivity contribution is 6.32. The van der Waals surface area contributed by atoms with E-state index in [0.29, 0.717) is 0 Å². The van der Waals surface area contributed by atoms with Gasteiger partial charge in [0.05, 0.1) is 0 Å². The third-order valence-corrected chi connectivity index (χ3v) is 1.67. The van der Waals surface area contributed by atoms with Gasteiger partial charge in [-0.05, 0) is 18.2 Å². The van der Waals surface area contributed by atoms with E-state index in [1.165, 1.54) is 6.07 Å². The first-order valence-corrected chi connectivity index (χ1v) is 3.84. The molecule has 0 spiro atoms. The largest absolute Gasteiger partial charge is 0.504 e. The van der Waals surface area contributed by atoms with E-state index in [4.69, 9.17) is 26.9 Å². The van der Waals surface area contributed by atoms with Gasteiger partial charge >= 0.3 is 0 Å².